The topological polar surface area (TPSA) is 77.8 Å². The number of rotatable bonds is 8. The molecule has 0 bridgehead atoms. The predicted molar refractivity (Wildman–Crippen MR) is 90.0 cm³/mol. The van der Waals surface area contributed by atoms with Gasteiger partial charge in [-0.1, -0.05) is 39.7 Å². The maximum atomic E-state index is 12.5. The minimum Gasteiger partial charge on any atom is -0.480 e. The van der Waals surface area contributed by atoms with Gasteiger partial charge in [0.15, 0.2) is 0 Å². The standard InChI is InChI=1S/C18H31NO4/c1-5-6-8-12(2)11-13(3)16(20)14(4)17(21)19-10-7-9-15(19)18(22)23/h11-12,14-16,20H,5-10H2,1-4H3,(H,22,23)/b13-11+/t12?,14?,15-,16?/m0/s1. The zero-order chi connectivity index (χ0) is 17.6. The Morgan fingerprint density at radius 2 is 2.00 bits per heavy atom. The van der Waals surface area contributed by atoms with Crippen molar-refractivity contribution in [1.29, 1.82) is 0 Å². The van der Waals surface area contributed by atoms with Crippen LogP contribution in [0.5, 0.6) is 0 Å². The van der Waals surface area contributed by atoms with Gasteiger partial charge in [-0.15, -0.1) is 0 Å². The van der Waals surface area contributed by atoms with Crippen molar-refractivity contribution in [2.45, 2.75) is 71.9 Å². The first-order valence-electron chi connectivity index (χ1n) is 8.69. The maximum Gasteiger partial charge on any atom is 0.326 e. The number of hydrogen-bond acceptors (Lipinski definition) is 3. The van der Waals surface area contributed by atoms with Gasteiger partial charge in [-0.3, -0.25) is 4.79 Å². The Hall–Kier alpha value is -1.36. The van der Waals surface area contributed by atoms with Crippen molar-refractivity contribution in [3.8, 4) is 0 Å². The van der Waals surface area contributed by atoms with Gasteiger partial charge in [-0.2, -0.15) is 0 Å². The molecule has 0 saturated carbocycles. The molecule has 0 radical (unpaired) electrons. The van der Waals surface area contributed by atoms with E-state index in [2.05, 4.69) is 13.8 Å². The lowest BCUT2D eigenvalue weighted by Crippen LogP contribution is -2.45. The normalized spacial score (nSPS) is 22.7. The fourth-order valence-electron chi connectivity index (χ4n) is 3.23. The van der Waals surface area contributed by atoms with Crippen LogP contribution >= 0.6 is 0 Å². The highest BCUT2D eigenvalue weighted by Crippen LogP contribution is 2.24. The van der Waals surface area contributed by atoms with Gasteiger partial charge >= 0.3 is 5.97 Å². The molecule has 0 aromatic heterocycles. The van der Waals surface area contributed by atoms with Crippen molar-refractivity contribution >= 4 is 11.9 Å². The SMILES string of the molecule is CCCCC(C)/C=C(\C)C(O)C(C)C(=O)N1CCC[C@H]1C(=O)O. The second-order valence-corrected chi connectivity index (χ2v) is 6.79. The summed E-state index contributed by atoms with van der Waals surface area (Å²) >= 11 is 0. The van der Waals surface area contributed by atoms with Gasteiger partial charge in [0.25, 0.3) is 0 Å². The Labute approximate surface area is 139 Å². The van der Waals surface area contributed by atoms with Crippen LogP contribution < -0.4 is 0 Å². The number of aliphatic carboxylic acids is 1. The molecule has 5 nitrogen and oxygen atoms in total. The van der Waals surface area contributed by atoms with E-state index >= 15 is 0 Å². The van der Waals surface area contributed by atoms with Gasteiger partial charge in [-0.05, 0) is 37.7 Å². The van der Waals surface area contributed by atoms with Gasteiger partial charge in [0.2, 0.25) is 5.91 Å². The number of unbranched alkanes of at least 4 members (excludes halogenated alkanes) is 1. The summed E-state index contributed by atoms with van der Waals surface area (Å²) in [6, 6.07) is -0.745. The fraction of sp³-hybridized carbons (Fsp3) is 0.778. The van der Waals surface area contributed by atoms with Gasteiger partial charge in [-0.25, -0.2) is 4.79 Å². The number of nitrogens with zero attached hydrogens (tertiary/aromatic N) is 1. The number of aliphatic hydroxyl groups excluding tert-OH is 1. The van der Waals surface area contributed by atoms with Crippen LogP contribution in [0.15, 0.2) is 11.6 Å². The summed E-state index contributed by atoms with van der Waals surface area (Å²) in [5.74, 6) is -1.48. The average Bonchev–Trinajstić information content (AvgIpc) is 3.00. The van der Waals surface area contributed by atoms with E-state index in [-0.39, 0.29) is 5.91 Å². The van der Waals surface area contributed by atoms with Crippen molar-refractivity contribution in [3.05, 3.63) is 11.6 Å². The Balaban J connectivity index is 2.71. The van der Waals surface area contributed by atoms with E-state index in [4.69, 9.17) is 0 Å². The van der Waals surface area contributed by atoms with Gasteiger partial charge in [0.1, 0.15) is 6.04 Å². The average molecular weight is 325 g/mol. The summed E-state index contributed by atoms with van der Waals surface area (Å²) in [5.41, 5.74) is 0.792. The number of amides is 1. The quantitative estimate of drug-likeness (QED) is 0.673. The molecule has 0 aliphatic carbocycles. The summed E-state index contributed by atoms with van der Waals surface area (Å²) in [6.07, 6.45) is 5.71. The number of carboxylic acids is 1. The molecule has 1 saturated heterocycles. The van der Waals surface area contributed by atoms with Gasteiger partial charge in [0, 0.05) is 6.54 Å². The molecule has 0 spiro atoms. The monoisotopic (exact) mass is 325 g/mol. The van der Waals surface area contributed by atoms with E-state index in [9.17, 15) is 19.8 Å². The van der Waals surface area contributed by atoms with Gasteiger partial charge in [0.05, 0.1) is 12.0 Å². The molecular weight excluding hydrogens is 294 g/mol. The zero-order valence-electron chi connectivity index (χ0n) is 14.8. The summed E-state index contributed by atoms with van der Waals surface area (Å²) in [7, 11) is 0. The number of allylic oxidation sites excluding steroid dienone is 1. The summed E-state index contributed by atoms with van der Waals surface area (Å²) in [6.45, 7) is 8.24. The van der Waals surface area contributed by atoms with Crippen LogP contribution in [0.25, 0.3) is 0 Å². The zero-order valence-corrected chi connectivity index (χ0v) is 14.8. The van der Waals surface area contributed by atoms with Crippen molar-refractivity contribution in [2.24, 2.45) is 11.8 Å². The van der Waals surface area contributed by atoms with Crippen molar-refractivity contribution < 1.29 is 19.8 Å². The van der Waals surface area contributed by atoms with Crippen LogP contribution in [0.2, 0.25) is 0 Å². The molecule has 1 amide bonds. The first-order valence-corrected chi connectivity index (χ1v) is 8.69. The fourth-order valence-corrected chi connectivity index (χ4v) is 3.23. The van der Waals surface area contributed by atoms with E-state index in [0.29, 0.717) is 25.3 Å². The number of hydrogen-bond donors (Lipinski definition) is 2. The smallest absolute Gasteiger partial charge is 0.326 e. The van der Waals surface area contributed by atoms with E-state index in [1.165, 1.54) is 4.90 Å². The minimum atomic E-state index is -0.960. The van der Waals surface area contributed by atoms with E-state index in [1.54, 1.807) is 6.92 Å². The predicted octanol–water partition coefficient (Wildman–Crippen LogP) is 2.83. The van der Waals surface area contributed by atoms with E-state index in [0.717, 1.165) is 24.8 Å². The third kappa shape index (κ3) is 5.34. The highest BCUT2D eigenvalue weighted by molar-refractivity contribution is 5.86. The Bertz CT molecular complexity index is 446. The molecule has 5 heteroatoms. The number of carbonyl (C=O) groups excluding carboxylic acids is 1. The van der Waals surface area contributed by atoms with Crippen LogP contribution in [0.1, 0.15) is 59.8 Å². The number of aliphatic hydroxyl groups is 1. The molecule has 0 aromatic carbocycles. The largest absolute Gasteiger partial charge is 0.480 e. The van der Waals surface area contributed by atoms with Crippen molar-refractivity contribution in [2.75, 3.05) is 6.54 Å². The molecule has 0 aromatic rings. The van der Waals surface area contributed by atoms with Crippen molar-refractivity contribution in [1.82, 2.24) is 4.90 Å². The summed E-state index contributed by atoms with van der Waals surface area (Å²) in [5, 5.41) is 19.6. The number of likely N-dealkylation sites (tertiary alicyclic amines) is 1. The van der Waals surface area contributed by atoms with Crippen LogP contribution in [0, 0.1) is 11.8 Å². The van der Waals surface area contributed by atoms with Crippen LogP contribution in [0.4, 0.5) is 0 Å². The molecule has 1 heterocycles. The lowest BCUT2D eigenvalue weighted by atomic mass is 9.93. The number of carbonyl (C=O) groups is 2. The second kappa shape index (κ2) is 9.06. The Kier molecular flexibility index (Phi) is 7.76. The Morgan fingerprint density at radius 1 is 1.35 bits per heavy atom. The molecule has 2 N–H and O–H groups in total. The molecule has 1 rings (SSSR count). The third-order valence-electron chi connectivity index (χ3n) is 4.71. The molecule has 132 valence electrons. The molecule has 1 aliphatic heterocycles. The lowest BCUT2D eigenvalue weighted by Gasteiger charge is -2.28. The Morgan fingerprint density at radius 3 is 2.57 bits per heavy atom. The first kappa shape index (κ1) is 19.7. The first-order chi connectivity index (χ1) is 10.8. The molecule has 1 fully saturated rings. The molecule has 1 aliphatic rings. The maximum absolute atomic E-state index is 12.5. The highest BCUT2D eigenvalue weighted by Gasteiger charge is 2.37. The lowest BCUT2D eigenvalue weighted by molar-refractivity contribution is -0.150. The van der Waals surface area contributed by atoms with E-state index < -0.39 is 24.0 Å². The van der Waals surface area contributed by atoms with Gasteiger partial charge < -0.3 is 15.1 Å². The molecule has 4 atom stereocenters. The molecular formula is C18H31NO4. The van der Waals surface area contributed by atoms with Crippen LogP contribution in [0.3, 0.4) is 0 Å². The minimum absolute atomic E-state index is 0.267. The van der Waals surface area contributed by atoms with Crippen LogP contribution in [-0.2, 0) is 9.59 Å². The van der Waals surface area contributed by atoms with Crippen LogP contribution in [-0.4, -0.2) is 45.7 Å². The summed E-state index contributed by atoms with van der Waals surface area (Å²) < 4.78 is 0. The van der Waals surface area contributed by atoms with E-state index in [1.807, 2.05) is 13.0 Å². The molecule has 3 unspecified atom stereocenters. The highest BCUT2D eigenvalue weighted by atomic mass is 16.4. The second-order valence-electron chi connectivity index (χ2n) is 6.79. The summed E-state index contributed by atoms with van der Waals surface area (Å²) in [4.78, 5) is 25.2. The third-order valence-corrected chi connectivity index (χ3v) is 4.71. The van der Waals surface area contributed by atoms with Crippen molar-refractivity contribution in [3.63, 3.8) is 0 Å². The molecule has 23 heavy (non-hydrogen) atoms. The number of carboxylic acid groups (broad SMARTS) is 1.